The van der Waals surface area contributed by atoms with E-state index in [0.717, 1.165) is 0 Å². The number of ketones is 1. The van der Waals surface area contributed by atoms with Crippen LogP contribution >= 0.6 is 0 Å². The molecule has 5 atom stereocenters. The third-order valence-electron chi connectivity index (χ3n) is 7.50. The molecule has 0 aliphatic heterocycles. The Morgan fingerprint density at radius 2 is 0.925 bits per heavy atom. The molecule has 0 aliphatic rings. The highest BCUT2D eigenvalue weighted by molar-refractivity contribution is 5.86. The molecule has 208 valence electrons. The Balaban J connectivity index is 1.78. The van der Waals surface area contributed by atoms with Crippen LogP contribution in [0.2, 0.25) is 0 Å². The molecule has 0 heterocycles. The van der Waals surface area contributed by atoms with E-state index in [1.165, 1.54) is 0 Å². The van der Waals surface area contributed by atoms with Crippen LogP contribution in [0.5, 0.6) is 0 Å². The lowest BCUT2D eigenvalue weighted by atomic mass is 9.66. The van der Waals surface area contributed by atoms with Gasteiger partial charge < -0.3 is 25.5 Å². The van der Waals surface area contributed by atoms with Gasteiger partial charge in [-0.1, -0.05) is 121 Å². The third kappa shape index (κ3) is 6.73. The van der Waals surface area contributed by atoms with Crippen LogP contribution in [0, 0.1) is 0 Å². The lowest BCUT2D eigenvalue weighted by Gasteiger charge is -2.49. The van der Waals surface area contributed by atoms with Crippen molar-refractivity contribution >= 4 is 5.78 Å². The van der Waals surface area contributed by atoms with Crippen molar-refractivity contribution in [2.24, 2.45) is 0 Å². The van der Waals surface area contributed by atoms with Crippen molar-refractivity contribution < 1.29 is 30.3 Å². The summed E-state index contributed by atoms with van der Waals surface area (Å²) in [7, 11) is 0. The number of rotatable bonds is 13. The molecule has 0 aromatic heterocycles. The molecule has 5 N–H and O–H groups in total. The van der Waals surface area contributed by atoms with Gasteiger partial charge in [0.25, 0.3) is 0 Å². The second kappa shape index (κ2) is 13.1. The number of carbonyl (C=O) groups is 1. The van der Waals surface area contributed by atoms with E-state index in [4.69, 9.17) is 0 Å². The van der Waals surface area contributed by atoms with Gasteiger partial charge in [0.15, 0.2) is 5.78 Å². The van der Waals surface area contributed by atoms with E-state index >= 15 is 0 Å². The van der Waals surface area contributed by atoms with E-state index in [0.29, 0.717) is 22.3 Å². The summed E-state index contributed by atoms with van der Waals surface area (Å²) in [6.07, 6.45) is -6.43. The molecule has 0 saturated carbocycles. The highest BCUT2D eigenvalue weighted by Gasteiger charge is 2.60. The van der Waals surface area contributed by atoms with Gasteiger partial charge in [0.1, 0.15) is 23.4 Å². The Labute approximate surface area is 234 Å². The van der Waals surface area contributed by atoms with Crippen LogP contribution < -0.4 is 0 Å². The molecule has 0 aliphatic carbocycles. The van der Waals surface area contributed by atoms with Crippen LogP contribution in [0.3, 0.4) is 0 Å². The molecular weight excluding hydrogens is 504 g/mol. The Morgan fingerprint density at radius 1 is 0.550 bits per heavy atom. The van der Waals surface area contributed by atoms with Crippen LogP contribution in [-0.4, -0.2) is 60.8 Å². The third-order valence-corrected chi connectivity index (χ3v) is 7.50. The molecule has 1 unspecified atom stereocenters. The predicted molar refractivity (Wildman–Crippen MR) is 154 cm³/mol. The zero-order valence-corrected chi connectivity index (χ0v) is 22.3. The van der Waals surface area contributed by atoms with Crippen molar-refractivity contribution in [2.45, 2.75) is 55.2 Å². The van der Waals surface area contributed by atoms with E-state index in [9.17, 15) is 30.3 Å². The molecule has 4 rings (SSSR count). The first-order chi connectivity index (χ1) is 19.2. The summed E-state index contributed by atoms with van der Waals surface area (Å²) >= 11 is 0. The molecule has 0 amide bonds. The minimum Gasteiger partial charge on any atom is -0.390 e. The minimum absolute atomic E-state index is 0.0193. The maximum atomic E-state index is 13.5. The predicted octanol–water partition coefficient (Wildman–Crippen LogP) is 3.07. The molecule has 0 spiro atoms. The van der Waals surface area contributed by atoms with E-state index in [1.54, 1.807) is 115 Å². The number of carbonyl (C=O) groups excluding carboxylic acids is 1. The van der Waals surface area contributed by atoms with Crippen molar-refractivity contribution in [3.05, 3.63) is 144 Å². The van der Waals surface area contributed by atoms with Gasteiger partial charge in [-0.3, -0.25) is 4.79 Å². The number of aliphatic hydroxyl groups is 5. The van der Waals surface area contributed by atoms with Gasteiger partial charge in [0.05, 0.1) is 6.10 Å². The Kier molecular flexibility index (Phi) is 9.63. The number of Topliss-reactive ketones (excluding diaryl/α,β-unsaturated/α-hetero) is 1. The quantitative estimate of drug-likeness (QED) is 0.178. The molecule has 0 bridgehead atoms. The van der Waals surface area contributed by atoms with Gasteiger partial charge in [0.2, 0.25) is 0 Å². The number of hydrogen-bond acceptors (Lipinski definition) is 6. The maximum Gasteiger partial charge on any atom is 0.168 e. The summed E-state index contributed by atoms with van der Waals surface area (Å²) in [4.78, 5) is 13.5. The monoisotopic (exact) mass is 540 g/mol. The molecule has 0 radical (unpaired) electrons. The first kappa shape index (κ1) is 29.3. The van der Waals surface area contributed by atoms with E-state index in [1.807, 2.05) is 6.07 Å². The summed E-state index contributed by atoms with van der Waals surface area (Å²) in [6.45, 7) is 0. The normalized spacial score (nSPS) is 16.7. The van der Waals surface area contributed by atoms with Crippen molar-refractivity contribution in [2.75, 3.05) is 0 Å². The van der Waals surface area contributed by atoms with Crippen LogP contribution in [0.15, 0.2) is 121 Å². The minimum atomic E-state index is -2.58. The van der Waals surface area contributed by atoms with Gasteiger partial charge >= 0.3 is 0 Å². The highest BCUT2D eigenvalue weighted by atomic mass is 16.4. The molecule has 0 fully saturated rings. The molecule has 0 saturated heterocycles. The molecule has 4 aromatic carbocycles. The topological polar surface area (TPSA) is 118 Å². The van der Waals surface area contributed by atoms with Crippen molar-refractivity contribution in [3.63, 3.8) is 0 Å². The zero-order chi connectivity index (χ0) is 28.6. The van der Waals surface area contributed by atoms with Crippen molar-refractivity contribution in [1.29, 1.82) is 0 Å². The standard InChI is InChI=1S/C34H36O6/c35-29(21-25-13-5-1-6-14-25)31(37)33(39,23-27-17-9-3-10-18-27)34(40,24-28-19-11-4-12-20-28)32(38)30(36)22-26-15-7-2-8-16-26/h1-20,29,31-32,35,37-40H,21-24H2/t29?,31-,32+,33+,34-/m1/s1. The fourth-order valence-electron chi connectivity index (χ4n) is 5.26. The van der Waals surface area contributed by atoms with Gasteiger partial charge in [-0.15, -0.1) is 0 Å². The van der Waals surface area contributed by atoms with E-state index in [2.05, 4.69) is 0 Å². The van der Waals surface area contributed by atoms with Crippen LogP contribution in [0.25, 0.3) is 0 Å². The second-order valence-electron chi connectivity index (χ2n) is 10.4. The van der Waals surface area contributed by atoms with Crippen LogP contribution in [-0.2, 0) is 30.5 Å². The first-order valence-electron chi connectivity index (χ1n) is 13.4. The summed E-state index contributed by atoms with van der Waals surface area (Å²) in [5.41, 5.74) is -2.69. The summed E-state index contributed by atoms with van der Waals surface area (Å²) in [5.74, 6) is -0.721. The fraction of sp³-hybridized carbons (Fsp3) is 0.265. The Hall–Kier alpha value is -3.65. The number of aliphatic hydroxyl groups excluding tert-OH is 3. The number of hydrogen-bond donors (Lipinski definition) is 5. The lowest BCUT2D eigenvalue weighted by molar-refractivity contribution is -0.250. The highest BCUT2D eigenvalue weighted by Crippen LogP contribution is 2.38. The fourth-order valence-corrected chi connectivity index (χ4v) is 5.26. The van der Waals surface area contributed by atoms with Gasteiger partial charge in [-0.2, -0.15) is 0 Å². The number of benzene rings is 4. The largest absolute Gasteiger partial charge is 0.390 e. The average Bonchev–Trinajstić information content (AvgIpc) is 2.98. The van der Waals surface area contributed by atoms with Crippen LogP contribution in [0.4, 0.5) is 0 Å². The average molecular weight is 541 g/mol. The Bertz CT molecular complexity index is 1330. The molecular formula is C34H36O6. The van der Waals surface area contributed by atoms with E-state index < -0.39 is 35.3 Å². The zero-order valence-electron chi connectivity index (χ0n) is 22.3. The van der Waals surface area contributed by atoms with Crippen molar-refractivity contribution in [1.82, 2.24) is 0 Å². The SMILES string of the molecule is O=C(Cc1ccccc1)[C@H](O)[C@](O)(Cc1ccccc1)[C@](O)(Cc1ccccc1)[C@H](O)C(O)Cc1ccccc1. The molecule has 6 nitrogen and oxygen atoms in total. The first-order valence-corrected chi connectivity index (χ1v) is 13.4. The van der Waals surface area contributed by atoms with Gasteiger partial charge in [-0.05, 0) is 22.3 Å². The van der Waals surface area contributed by atoms with Crippen LogP contribution in [0.1, 0.15) is 22.3 Å². The lowest BCUT2D eigenvalue weighted by Crippen LogP contribution is -2.72. The Morgan fingerprint density at radius 3 is 1.38 bits per heavy atom. The van der Waals surface area contributed by atoms with Gasteiger partial charge in [-0.25, -0.2) is 0 Å². The second-order valence-corrected chi connectivity index (χ2v) is 10.4. The molecule has 6 heteroatoms. The van der Waals surface area contributed by atoms with Crippen molar-refractivity contribution in [3.8, 4) is 0 Å². The summed E-state index contributed by atoms with van der Waals surface area (Å²) in [5, 5.41) is 59.1. The molecule has 4 aromatic rings. The maximum absolute atomic E-state index is 13.5. The summed E-state index contributed by atoms with van der Waals surface area (Å²) < 4.78 is 0. The summed E-state index contributed by atoms with van der Waals surface area (Å²) in [6, 6.07) is 35.1. The van der Waals surface area contributed by atoms with E-state index in [-0.39, 0.29) is 25.7 Å². The molecule has 40 heavy (non-hydrogen) atoms. The van der Waals surface area contributed by atoms with Gasteiger partial charge in [0, 0.05) is 25.7 Å². The smallest absolute Gasteiger partial charge is 0.168 e.